The van der Waals surface area contributed by atoms with Gasteiger partial charge in [-0.1, -0.05) is 30.3 Å². The van der Waals surface area contributed by atoms with Crippen LogP contribution in [0.5, 0.6) is 0 Å². The summed E-state index contributed by atoms with van der Waals surface area (Å²) in [5.41, 5.74) is 1.65. The molecule has 0 aliphatic carbocycles. The first kappa shape index (κ1) is 25.8. The van der Waals surface area contributed by atoms with Crippen LogP contribution < -0.4 is 4.90 Å². The molecule has 1 aliphatic heterocycles. The van der Waals surface area contributed by atoms with Gasteiger partial charge in [-0.25, -0.2) is 19.3 Å². The number of imidazole rings is 1. The summed E-state index contributed by atoms with van der Waals surface area (Å²) in [5.74, 6) is -0.918. The van der Waals surface area contributed by atoms with Crippen LogP contribution in [-0.2, 0) is 24.9 Å². The zero-order valence-electron chi connectivity index (χ0n) is 18.4. The van der Waals surface area contributed by atoms with Crippen LogP contribution in [0.1, 0.15) is 11.8 Å². The van der Waals surface area contributed by atoms with Gasteiger partial charge < -0.3 is 33.9 Å². The highest BCUT2D eigenvalue weighted by molar-refractivity contribution is 7.70. The number of aromatic nitrogens is 4. The maximum Gasteiger partial charge on any atom is 0.340 e. The third-order valence-electron chi connectivity index (χ3n) is 5.34. The van der Waals surface area contributed by atoms with Crippen molar-refractivity contribution in [1.29, 1.82) is 0 Å². The molecule has 35 heavy (non-hydrogen) atoms. The fourth-order valence-electron chi connectivity index (χ4n) is 3.77. The quantitative estimate of drug-likeness (QED) is 0.292. The van der Waals surface area contributed by atoms with Gasteiger partial charge in [0.2, 0.25) is 0 Å². The molecule has 190 valence electrons. The van der Waals surface area contributed by atoms with E-state index in [0.29, 0.717) is 17.9 Å². The number of nitrogens with zero attached hydrogens (tertiary/aromatic N) is 5. The van der Waals surface area contributed by atoms with E-state index < -0.39 is 52.3 Å². The van der Waals surface area contributed by atoms with Crippen LogP contribution in [-0.4, -0.2) is 77.2 Å². The highest BCUT2D eigenvalue weighted by Crippen LogP contribution is 2.55. The number of anilines is 1. The number of aliphatic hydroxyl groups excluding tert-OH is 1. The average Bonchev–Trinajstić information content (AvgIpc) is 3.32. The molecule has 1 aromatic carbocycles. The summed E-state index contributed by atoms with van der Waals surface area (Å²) < 4.78 is 49.3. The Bertz CT molecular complexity index is 1270. The van der Waals surface area contributed by atoms with Gasteiger partial charge in [-0.2, -0.15) is 0 Å². The van der Waals surface area contributed by atoms with E-state index in [0.717, 1.165) is 5.56 Å². The van der Waals surface area contributed by atoms with Gasteiger partial charge in [-0.3, -0.25) is 13.7 Å². The zero-order valence-corrected chi connectivity index (χ0v) is 20.2. The van der Waals surface area contributed by atoms with Crippen molar-refractivity contribution in [2.75, 3.05) is 24.5 Å². The van der Waals surface area contributed by atoms with Crippen LogP contribution >= 0.6 is 15.2 Å². The second-order valence-corrected chi connectivity index (χ2v) is 12.1. The number of alkyl halides is 1. The Morgan fingerprint density at radius 1 is 1.17 bits per heavy atom. The Kier molecular flexibility index (Phi) is 7.37. The predicted molar refractivity (Wildman–Crippen MR) is 121 cm³/mol. The first-order chi connectivity index (χ1) is 16.5. The molecular weight excluding hydrogens is 507 g/mol. The molecule has 3 heterocycles. The van der Waals surface area contributed by atoms with Crippen LogP contribution in [0.2, 0.25) is 0 Å². The number of hydrogen-bond acceptors (Lipinski definition) is 9. The van der Waals surface area contributed by atoms with E-state index in [1.807, 2.05) is 42.3 Å². The summed E-state index contributed by atoms with van der Waals surface area (Å²) in [6.45, 7) is -0.238. The molecule has 1 aliphatic rings. The predicted octanol–water partition coefficient (Wildman–Crippen LogP) is 1.40. The molecule has 4 N–H and O–H groups in total. The largest absolute Gasteiger partial charge is 0.387 e. The third-order valence-corrected chi connectivity index (χ3v) is 8.79. The number of benzene rings is 1. The number of hydrogen-bond donors (Lipinski definition) is 4. The van der Waals surface area contributed by atoms with E-state index in [9.17, 15) is 23.5 Å². The van der Waals surface area contributed by atoms with Gasteiger partial charge in [0.1, 0.15) is 18.5 Å². The van der Waals surface area contributed by atoms with Crippen LogP contribution in [0.25, 0.3) is 11.2 Å². The molecule has 1 fully saturated rings. The maximum absolute atomic E-state index is 15.0. The highest BCUT2D eigenvalue weighted by atomic mass is 31.2. The summed E-state index contributed by atoms with van der Waals surface area (Å²) in [6, 6.07) is 9.66. The first-order valence-electron chi connectivity index (χ1n) is 10.4. The lowest BCUT2D eigenvalue weighted by molar-refractivity contribution is -0.0425. The van der Waals surface area contributed by atoms with Crippen molar-refractivity contribution >= 4 is 32.2 Å². The smallest absolute Gasteiger partial charge is 0.340 e. The number of fused-ring (bicyclic) bond motifs is 1. The molecule has 0 saturated carbocycles. The summed E-state index contributed by atoms with van der Waals surface area (Å²) >= 11 is 0. The van der Waals surface area contributed by atoms with Crippen molar-refractivity contribution in [1.82, 2.24) is 19.5 Å². The lowest BCUT2D eigenvalue weighted by Crippen LogP contribution is -2.31. The van der Waals surface area contributed by atoms with Gasteiger partial charge in [0.25, 0.3) is 0 Å². The van der Waals surface area contributed by atoms with E-state index in [1.165, 1.54) is 17.2 Å². The van der Waals surface area contributed by atoms with Crippen molar-refractivity contribution in [2.24, 2.45) is 0 Å². The SMILES string of the molecule is CN(Cc1ccccc1)c1ncnc2c1ncn2[C@@H]1O[C@H](COP(=O)(O)CP(=O)(O)O)[C@@H](O)[C@@H]1F. The van der Waals surface area contributed by atoms with Gasteiger partial charge in [-0.15, -0.1) is 0 Å². The number of ether oxygens (including phenoxy) is 1. The minimum absolute atomic E-state index is 0.241. The van der Waals surface area contributed by atoms with Crippen molar-refractivity contribution in [3.05, 3.63) is 48.5 Å². The summed E-state index contributed by atoms with van der Waals surface area (Å²) in [5, 5.41) is 10.3. The Labute approximate surface area is 198 Å². The van der Waals surface area contributed by atoms with Gasteiger partial charge >= 0.3 is 15.2 Å². The zero-order chi connectivity index (χ0) is 25.4. The van der Waals surface area contributed by atoms with Crippen molar-refractivity contribution in [3.8, 4) is 0 Å². The molecule has 0 radical (unpaired) electrons. The van der Waals surface area contributed by atoms with E-state index in [2.05, 4.69) is 19.5 Å². The van der Waals surface area contributed by atoms with Crippen molar-refractivity contribution in [2.45, 2.75) is 31.2 Å². The fourth-order valence-corrected chi connectivity index (χ4v) is 6.34. The number of halogens is 1. The Morgan fingerprint density at radius 2 is 1.89 bits per heavy atom. The molecule has 1 unspecified atom stereocenters. The summed E-state index contributed by atoms with van der Waals surface area (Å²) in [4.78, 5) is 42.0. The topological polar surface area (TPSA) is 180 Å². The van der Waals surface area contributed by atoms with Gasteiger partial charge in [0, 0.05) is 13.6 Å². The second kappa shape index (κ2) is 10.00. The van der Waals surface area contributed by atoms with Gasteiger partial charge in [0.15, 0.2) is 35.3 Å². The van der Waals surface area contributed by atoms with Gasteiger partial charge in [-0.05, 0) is 5.56 Å². The monoisotopic (exact) mass is 531 g/mol. The average molecular weight is 531 g/mol. The highest BCUT2D eigenvalue weighted by Gasteiger charge is 2.47. The molecule has 16 heteroatoms. The Morgan fingerprint density at radius 3 is 2.57 bits per heavy atom. The lowest BCUT2D eigenvalue weighted by atomic mass is 10.1. The van der Waals surface area contributed by atoms with E-state index >= 15 is 0 Å². The molecule has 0 bridgehead atoms. The molecule has 0 amide bonds. The molecule has 5 atom stereocenters. The molecule has 0 spiro atoms. The van der Waals surface area contributed by atoms with Crippen LogP contribution in [0.4, 0.5) is 10.2 Å². The first-order valence-corrected chi connectivity index (χ1v) is 13.9. The van der Waals surface area contributed by atoms with Crippen LogP contribution in [0.15, 0.2) is 43.0 Å². The number of rotatable bonds is 9. The molecule has 4 rings (SSSR count). The Balaban J connectivity index is 1.52. The molecule has 13 nitrogen and oxygen atoms in total. The summed E-state index contributed by atoms with van der Waals surface area (Å²) in [7, 11) is -7.72. The van der Waals surface area contributed by atoms with Gasteiger partial charge in [0.05, 0.1) is 12.9 Å². The lowest BCUT2D eigenvalue weighted by Gasteiger charge is -2.19. The van der Waals surface area contributed by atoms with E-state index in [4.69, 9.17) is 14.5 Å². The van der Waals surface area contributed by atoms with E-state index in [-0.39, 0.29) is 5.65 Å². The second-order valence-electron chi connectivity index (χ2n) is 8.10. The van der Waals surface area contributed by atoms with Crippen molar-refractivity contribution in [3.63, 3.8) is 0 Å². The van der Waals surface area contributed by atoms with Crippen LogP contribution in [0, 0.1) is 0 Å². The van der Waals surface area contributed by atoms with Crippen molar-refractivity contribution < 1.29 is 42.6 Å². The standard InChI is InChI=1S/C19H24FN5O8P2/c1-24(7-12-5-3-2-4-6-12)17-15-18(22-9-21-17)25(10-23-15)19-14(20)16(26)13(33-19)8-32-35(30,31)11-34(27,28)29/h2-6,9-10,13-14,16,19,26H,7-8,11H2,1H3,(H,30,31)(H2,27,28,29)/t13-,14+,16-,19-/m1/s1. The number of aliphatic hydroxyl groups is 1. The minimum atomic E-state index is -4.84. The van der Waals surface area contributed by atoms with E-state index in [1.54, 1.807) is 0 Å². The fraction of sp³-hybridized carbons (Fsp3) is 0.421. The molecule has 3 aromatic rings. The summed E-state index contributed by atoms with van der Waals surface area (Å²) in [6.07, 6.45) is -3.90. The third kappa shape index (κ3) is 5.93. The minimum Gasteiger partial charge on any atom is -0.387 e. The Hall–Kier alpha value is -2.28. The maximum atomic E-state index is 15.0. The molecule has 1 saturated heterocycles. The normalized spacial score (nSPS) is 24.5. The van der Waals surface area contributed by atoms with Crippen LogP contribution in [0.3, 0.4) is 0 Å². The molecule has 2 aromatic heterocycles. The molecular formula is C19H24FN5O8P2.